The number of rotatable bonds is 4. The van der Waals surface area contributed by atoms with Gasteiger partial charge in [0.1, 0.15) is 5.54 Å². The average Bonchev–Trinajstić information content (AvgIpc) is 2.48. The van der Waals surface area contributed by atoms with Crippen LogP contribution in [0, 0.1) is 0 Å². The number of hydrogen-bond donors (Lipinski definition) is 1. The second-order valence-corrected chi connectivity index (χ2v) is 4.47. The third kappa shape index (κ3) is 2.64. The normalized spacial score (nSPS) is 26.0. The highest BCUT2D eigenvalue weighted by Crippen LogP contribution is 2.23. The molecule has 1 atom stereocenters. The lowest BCUT2D eigenvalue weighted by atomic mass is 10.1. The Balaban J connectivity index is 2.39. The Morgan fingerprint density at radius 1 is 1.71 bits per heavy atom. The van der Waals surface area contributed by atoms with Gasteiger partial charge >= 0.3 is 5.97 Å². The summed E-state index contributed by atoms with van der Waals surface area (Å²) in [4.78, 5) is 22.5. The second kappa shape index (κ2) is 4.68. The van der Waals surface area contributed by atoms with Gasteiger partial charge in [0.25, 0.3) is 5.24 Å². The van der Waals surface area contributed by atoms with Gasteiger partial charge in [-0.1, -0.05) is 25.1 Å². The van der Waals surface area contributed by atoms with Gasteiger partial charge in [0.2, 0.25) is 0 Å². The summed E-state index contributed by atoms with van der Waals surface area (Å²) >= 11 is 1.12. The van der Waals surface area contributed by atoms with E-state index in [4.69, 9.17) is 4.74 Å². The van der Waals surface area contributed by atoms with Crippen molar-refractivity contribution in [3.05, 3.63) is 0 Å². The Kier molecular flexibility index (Phi) is 3.80. The van der Waals surface area contributed by atoms with Gasteiger partial charge in [0, 0.05) is 5.75 Å². The first-order valence-electron chi connectivity index (χ1n) is 4.70. The number of carbonyl (C=O) groups excluding carboxylic acids is 2. The minimum Gasteiger partial charge on any atom is -0.464 e. The summed E-state index contributed by atoms with van der Waals surface area (Å²) in [5.74, 6) is 0.126. The topological polar surface area (TPSA) is 55.4 Å². The lowest BCUT2D eigenvalue weighted by molar-refractivity contribution is -0.149. The van der Waals surface area contributed by atoms with Crippen LogP contribution in [0.3, 0.4) is 0 Å². The molecule has 0 aromatic heterocycles. The molecule has 0 radical (unpaired) electrons. The molecular formula is C9H15NO3S. The summed E-state index contributed by atoms with van der Waals surface area (Å²) in [7, 11) is 0. The number of carbonyl (C=O) groups is 2. The molecule has 0 saturated carbocycles. The lowest BCUT2D eigenvalue weighted by Gasteiger charge is -2.20. The summed E-state index contributed by atoms with van der Waals surface area (Å²) in [6, 6.07) is 0. The number of unbranched alkanes of at least 4 members (excludes halogenated alkanes) is 1. The predicted molar refractivity (Wildman–Crippen MR) is 55.3 cm³/mol. The minimum absolute atomic E-state index is 0.153. The zero-order valence-corrected chi connectivity index (χ0v) is 9.28. The zero-order chi connectivity index (χ0) is 10.6. The van der Waals surface area contributed by atoms with E-state index in [-0.39, 0.29) is 11.2 Å². The lowest BCUT2D eigenvalue weighted by Crippen LogP contribution is -2.49. The van der Waals surface area contributed by atoms with Crippen molar-refractivity contribution in [2.24, 2.45) is 0 Å². The van der Waals surface area contributed by atoms with Gasteiger partial charge in [-0.25, -0.2) is 4.79 Å². The fourth-order valence-electron chi connectivity index (χ4n) is 1.09. The molecule has 1 aliphatic heterocycles. The molecule has 0 bridgehead atoms. The third-order valence-corrected chi connectivity index (χ3v) is 3.14. The number of nitrogens with one attached hydrogen (secondary N) is 1. The van der Waals surface area contributed by atoms with Crippen molar-refractivity contribution >= 4 is 23.0 Å². The quantitative estimate of drug-likeness (QED) is 0.573. The summed E-state index contributed by atoms with van der Waals surface area (Å²) in [5.41, 5.74) is -0.824. The van der Waals surface area contributed by atoms with Crippen molar-refractivity contribution in [1.29, 1.82) is 0 Å². The summed E-state index contributed by atoms with van der Waals surface area (Å²) in [6.07, 6.45) is 1.86. The Hall–Kier alpha value is -0.710. The summed E-state index contributed by atoms with van der Waals surface area (Å²) in [5, 5.41) is 2.45. The molecule has 1 fully saturated rings. The number of ether oxygens (including phenoxy) is 1. The van der Waals surface area contributed by atoms with Gasteiger partial charge < -0.3 is 10.1 Å². The molecule has 1 heterocycles. The van der Waals surface area contributed by atoms with Crippen LogP contribution in [0.2, 0.25) is 0 Å². The SMILES string of the molecule is CCCCOC(=O)C1(C)CSC(=O)N1. The van der Waals surface area contributed by atoms with Gasteiger partial charge in [0.05, 0.1) is 6.61 Å². The van der Waals surface area contributed by atoms with Crippen molar-refractivity contribution < 1.29 is 14.3 Å². The van der Waals surface area contributed by atoms with Crippen LogP contribution in [-0.2, 0) is 9.53 Å². The van der Waals surface area contributed by atoms with E-state index in [0.29, 0.717) is 12.4 Å². The maximum Gasteiger partial charge on any atom is 0.332 e. The second-order valence-electron chi connectivity index (χ2n) is 3.52. The Morgan fingerprint density at radius 2 is 2.43 bits per heavy atom. The number of thioether (sulfide) groups is 1. The van der Waals surface area contributed by atoms with Crippen molar-refractivity contribution in [2.75, 3.05) is 12.4 Å². The molecule has 80 valence electrons. The summed E-state index contributed by atoms with van der Waals surface area (Å²) < 4.78 is 5.05. The number of hydrogen-bond acceptors (Lipinski definition) is 4. The number of esters is 1. The van der Waals surface area contributed by atoms with E-state index in [1.165, 1.54) is 0 Å². The molecule has 1 saturated heterocycles. The summed E-state index contributed by atoms with van der Waals surface area (Å²) in [6.45, 7) is 4.16. The zero-order valence-electron chi connectivity index (χ0n) is 8.46. The van der Waals surface area contributed by atoms with E-state index in [0.717, 1.165) is 24.6 Å². The van der Waals surface area contributed by atoms with Gasteiger partial charge in [-0.15, -0.1) is 0 Å². The van der Waals surface area contributed by atoms with Gasteiger partial charge in [-0.3, -0.25) is 4.79 Å². The van der Waals surface area contributed by atoms with Crippen LogP contribution < -0.4 is 5.32 Å². The van der Waals surface area contributed by atoms with E-state index >= 15 is 0 Å². The van der Waals surface area contributed by atoms with Crippen molar-refractivity contribution in [2.45, 2.75) is 32.2 Å². The van der Waals surface area contributed by atoms with Crippen LogP contribution in [0.25, 0.3) is 0 Å². The molecule has 1 unspecified atom stereocenters. The highest BCUT2D eigenvalue weighted by molar-refractivity contribution is 8.14. The van der Waals surface area contributed by atoms with Gasteiger partial charge in [0.15, 0.2) is 0 Å². The van der Waals surface area contributed by atoms with Crippen LogP contribution >= 0.6 is 11.8 Å². The van der Waals surface area contributed by atoms with Crippen molar-refractivity contribution in [1.82, 2.24) is 5.32 Å². The highest BCUT2D eigenvalue weighted by Gasteiger charge is 2.42. The van der Waals surface area contributed by atoms with E-state index in [2.05, 4.69) is 5.32 Å². The van der Waals surface area contributed by atoms with Crippen LogP contribution in [0.15, 0.2) is 0 Å². The molecule has 4 nitrogen and oxygen atoms in total. The molecule has 1 aliphatic rings. The van der Waals surface area contributed by atoms with E-state index < -0.39 is 5.54 Å². The maximum absolute atomic E-state index is 11.5. The standard InChI is InChI=1S/C9H15NO3S/c1-3-4-5-13-7(11)9(2)6-14-8(12)10-9/h3-6H2,1-2H3,(H,10,12). The van der Waals surface area contributed by atoms with Crippen molar-refractivity contribution in [3.63, 3.8) is 0 Å². The molecule has 0 aromatic carbocycles. The third-order valence-electron chi connectivity index (χ3n) is 2.05. The van der Waals surface area contributed by atoms with Gasteiger partial charge in [-0.05, 0) is 13.3 Å². The van der Waals surface area contributed by atoms with Crippen LogP contribution in [0.5, 0.6) is 0 Å². The molecule has 0 spiro atoms. The molecule has 1 rings (SSSR count). The predicted octanol–water partition coefficient (Wildman–Crippen LogP) is 1.54. The monoisotopic (exact) mass is 217 g/mol. The molecule has 14 heavy (non-hydrogen) atoms. The molecule has 5 heteroatoms. The van der Waals surface area contributed by atoms with E-state index in [1.54, 1.807) is 6.92 Å². The molecule has 0 aromatic rings. The molecule has 1 amide bonds. The van der Waals surface area contributed by atoms with E-state index in [1.807, 2.05) is 6.92 Å². The molecule has 0 aliphatic carbocycles. The van der Waals surface area contributed by atoms with Crippen LogP contribution in [-0.4, -0.2) is 29.1 Å². The average molecular weight is 217 g/mol. The minimum atomic E-state index is -0.824. The molecular weight excluding hydrogens is 202 g/mol. The van der Waals surface area contributed by atoms with Gasteiger partial charge in [-0.2, -0.15) is 0 Å². The fourth-order valence-corrected chi connectivity index (χ4v) is 1.99. The first-order chi connectivity index (χ1) is 6.58. The number of amides is 1. The van der Waals surface area contributed by atoms with Crippen LogP contribution in [0.4, 0.5) is 4.79 Å². The van der Waals surface area contributed by atoms with E-state index in [9.17, 15) is 9.59 Å². The molecule has 1 N–H and O–H groups in total. The van der Waals surface area contributed by atoms with Crippen molar-refractivity contribution in [3.8, 4) is 0 Å². The Morgan fingerprint density at radius 3 is 2.93 bits per heavy atom. The maximum atomic E-state index is 11.5. The first-order valence-corrected chi connectivity index (χ1v) is 5.69. The fraction of sp³-hybridized carbons (Fsp3) is 0.778. The Bertz CT molecular complexity index is 244. The largest absolute Gasteiger partial charge is 0.464 e. The first kappa shape index (κ1) is 11.4. The Labute approximate surface area is 87.8 Å². The van der Waals surface area contributed by atoms with Crippen LogP contribution in [0.1, 0.15) is 26.7 Å². The highest BCUT2D eigenvalue weighted by atomic mass is 32.2. The smallest absolute Gasteiger partial charge is 0.332 e.